The van der Waals surface area contributed by atoms with E-state index in [0.717, 1.165) is 4.90 Å². The quantitative estimate of drug-likeness (QED) is 0.631. The normalized spacial score (nSPS) is 16.1. The van der Waals surface area contributed by atoms with Crippen LogP contribution in [0.25, 0.3) is 0 Å². The lowest BCUT2D eigenvalue weighted by Gasteiger charge is -2.30. The zero-order chi connectivity index (χ0) is 18.0. The molecule has 0 radical (unpaired) electrons. The molecule has 2 aromatic heterocycles. The molecule has 0 saturated heterocycles. The predicted octanol–water partition coefficient (Wildman–Crippen LogP) is 1.59. The van der Waals surface area contributed by atoms with Crippen LogP contribution in [0.3, 0.4) is 0 Å². The Morgan fingerprint density at radius 3 is 2.96 bits per heavy atom. The van der Waals surface area contributed by atoms with E-state index >= 15 is 0 Å². The van der Waals surface area contributed by atoms with Crippen LogP contribution >= 0.6 is 11.3 Å². The molecule has 1 atom stereocenters. The highest BCUT2D eigenvalue weighted by Gasteiger charge is 2.39. The minimum Gasteiger partial charge on any atom is -0.474 e. The standard InChI is InChI=1S/C14H13N5O5S/c1-2-8-13(21)18(7-11(20)17-14-15-5-6-25-14)12-9(24-8)3-4-10(16-12)19(22)23/h3-6,8H,2,7H2,1H3,(H,15,17,20). The van der Waals surface area contributed by atoms with Crippen LogP contribution in [0, 0.1) is 10.1 Å². The summed E-state index contributed by atoms with van der Waals surface area (Å²) in [5.74, 6) is -1.22. The summed E-state index contributed by atoms with van der Waals surface area (Å²) in [6, 6.07) is 2.57. The van der Waals surface area contributed by atoms with Gasteiger partial charge in [-0.05, 0) is 22.4 Å². The molecule has 0 bridgehead atoms. The summed E-state index contributed by atoms with van der Waals surface area (Å²) in [7, 11) is 0. The van der Waals surface area contributed by atoms with Crippen molar-refractivity contribution >= 4 is 39.9 Å². The molecule has 3 heterocycles. The summed E-state index contributed by atoms with van der Waals surface area (Å²) < 4.78 is 5.53. The molecule has 1 unspecified atom stereocenters. The Labute approximate surface area is 145 Å². The monoisotopic (exact) mass is 363 g/mol. The van der Waals surface area contributed by atoms with E-state index in [1.807, 2.05) is 0 Å². The number of fused-ring (bicyclic) bond motifs is 1. The maximum absolute atomic E-state index is 12.5. The number of hydrogen-bond donors (Lipinski definition) is 1. The number of hydrogen-bond acceptors (Lipinski definition) is 8. The Hall–Kier alpha value is -3.08. The Kier molecular flexibility index (Phi) is 4.57. The van der Waals surface area contributed by atoms with Crippen LogP contribution in [-0.4, -0.2) is 39.4 Å². The average molecular weight is 363 g/mol. The fourth-order valence-corrected chi connectivity index (χ4v) is 2.84. The maximum Gasteiger partial charge on any atom is 0.366 e. The van der Waals surface area contributed by atoms with Crippen molar-refractivity contribution in [2.45, 2.75) is 19.4 Å². The van der Waals surface area contributed by atoms with Crippen LogP contribution < -0.4 is 15.0 Å². The van der Waals surface area contributed by atoms with E-state index in [2.05, 4.69) is 15.3 Å². The van der Waals surface area contributed by atoms with Gasteiger partial charge in [0.2, 0.25) is 5.91 Å². The number of rotatable bonds is 5. The van der Waals surface area contributed by atoms with Gasteiger partial charge in [-0.15, -0.1) is 11.3 Å². The lowest BCUT2D eigenvalue weighted by atomic mass is 10.2. The summed E-state index contributed by atoms with van der Waals surface area (Å²) in [5, 5.41) is 15.6. The first kappa shape index (κ1) is 16.8. The summed E-state index contributed by atoms with van der Waals surface area (Å²) in [6.07, 6.45) is 1.15. The van der Waals surface area contributed by atoms with Gasteiger partial charge in [0.15, 0.2) is 17.0 Å². The number of carbonyl (C=O) groups is 2. The fourth-order valence-electron chi connectivity index (χ4n) is 2.29. The topological polar surface area (TPSA) is 128 Å². The molecule has 2 aromatic rings. The van der Waals surface area contributed by atoms with Crippen LogP contribution in [0.2, 0.25) is 0 Å². The molecule has 0 aliphatic carbocycles. The first-order valence-electron chi connectivity index (χ1n) is 7.32. The van der Waals surface area contributed by atoms with Crippen molar-refractivity contribution in [3.63, 3.8) is 0 Å². The number of ether oxygens (including phenoxy) is 1. The molecule has 1 aliphatic heterocycles. The number of amides is 2. The Morgan fingerprint density at radius 1 is 1.52 bits per heavy atom. The molecule has 2 amide bonds. The number of nitrogens with one attached hydrogen (secondary N) is 1. The zero-order valence-electron chi connectivity index (χ0n) is 13.0. The van der Waals surface area contributed by atoms with Gasteiger partial charge in [-0.25, -0.2) is 4.98 Å². The second-order valence-electron chi connectivity index (χ2n) is 5.07. The molecular weight excluding hydrogens is 350 g/mol. The molecular formula is C14H13N5O5S. The van der Waals surface area contributed by atoms with Gasteiger partial charge in [0.25, 0.3) is 11.7 Å². The Morgan fingerprint density at radius 2 is 2.32 bits per heavy atom. The van der Waals surface area contributed by atoms with Crippen LogP contribution in [-0.2, 0) is 9.59 Å². The van der Waals surface area contributed by atoms with E-state index in [0.29, 0.717) is 11.6 Å². The highest BCUT2D eigenvalue weighted by atomic mass is 32.1. The van der Waals surface area contributed by atoms with Gasteiger partial charge >= 0.3 is 5.82 Å². The smallest absolute Gasteiger partial charge is 0.366 e. The molecule has 10 nitrogen and oxygen atoms in total. The first-order chi connectivity index (χ1) is 12.0. The first-order valence-corrected chi connectivity index (χ1v) is 8.20. The van der Waals surface area contributed by atoms with Gasteiger partial charge in [0.1, 0.15) is 6.54 Å². The van der Waals surface area contributed by atoms with Gasteiger partial charge in [0.05, 0.1) is 0 Å². The van der Waals surface area contributed by atoms with Crippen molar-refractivity contribution in [3.8, 4) is 5.75 Å². The SMILES string of the molecule is CCC1Oc2ccc([N+](=O)[O-])nc2N(CC(=O)Nc2nccs2)C1=O. The van der Waals surface area contributed by atoms with Crippen molar-refractivity contribution in [1.82, 2.24) is 9.97 Å². The van der Waals surface area contributed by atoms with Crippen LogP contribution in [0.15, 0.2) is 23.7 Å². The summed E-state index contributed by atoms with van der Waals surface area (Å²) >= 11 is 1.23. The summed E-state index contributed by atoms with van der Waals surface area (Å²) in [4.78, 5) is 43.9. The van der Waals surface area contributed by atoms with Crippen molar-refractivity contribution < 1.29 is 19.2 Å². The Balaban J connectivity index is 1.90. The van der Waals surface area contributed by atoms with Crippen molar-refractivity contribution in [2.75, 3.05) is 16.8 Å². The minimum absolute atomic E-state index is 0.0433. The van der Waals surface area contributed by atoms with Crippen LogP contribution in [0.5, 0.6) is 5.75 Å². The number of nitrogens with zero attached hydrogens (tertiary/aromatic N) is 4. The molecule has 130 valence electrons. The highest BCUT2D eigenvalue weighted by molar-refractivity contribution is 7.13. The molecule has 1 N–H and O–H groups in total. The number of thiazole rings is 1. The molecule has 0 fully saturated rings. The van der Waals surface area contributed by atoms with Gasteiger partial charge in [0, 0.05) is 17.6 Å². The van der Waals surface area contributed by atoms with Gasteiger partial charge < -0.3 is 20.2 Å². The zero-order valence-corrected chi connectivity index (χ0v) is 13.9. The van der Waals surface area contributed by atoms with Gasteiger partial charge in [-0.3, -0.25) is 14.5 Å². The number of anilines is 2. The molecule has 0 spiro atoms. The van der Waals surface area contributed by atoms with Gasteiger partial charge in [-0.2, -0.15) is 0 Å². The second-order valence-corrected chi connectivity index (χ2v) is 5.97. The largest absolute Gasteiger partial charge is 0.474 e. The third-order valence-corrected chi connectivity index (χ3v) is 4.12. The van der Waals surface area contributed by atoms with E-state index in [4.69, 9.17) is 4.74 Å². The predicted molar refractivity (Wildman–Crippen MR) is 88.7 cm³/mol. The van der Waals surface area contributed by atoms with Crippen molar-refractivity contribution in [2.24, 2.45) is 0 Å². The highest BCUT2D eigenvalue weighted by Crippen LogP contribution is 2.34. The van der Waals surface area contributed by atoms with E-state index in [1.54, 1.807) is 12.3 Å². The lowest BCUT2D eigenvalue weighted by Crippen LogP contribution is -2.49. The lowest BCUT2D eigenvalue weighted by molar-refractivity contribution is -0.389. The van der Waals surface area contributed by atoms with E-state index in [1.165, 1.54) is 29.7 Å². The number of aromatic nitrogens is 2. The Bertz CT molecular complexity index is 825. The van der Waals surface area contributed by atoms with E-state index in [9.17, 15) is 19.7 Å². The van der Waals surface area contributed by atoms with Crippen molar-refractivity contribution in [1.29, 1.82) is 0 Å². The minimum atomic E-state index is -0.775. The number of carbonyl (C=O) groups excluding carboxylic acids is 2. The van der Waals surface area contributed by atoms with E-state index in [-0.39, 0.29) is 18.1 Å². The second kappa shape index (κ2) is 6.81. The maximum atomic E-state index is 12.5. The van der Waals surface area contributed by atoms with Crippen LogP contribution in [0.4, 0.5) is 16.8 Å². The molecule has 0 saturated carbocycles. The average Bonchev–Trinajstić information content (AvgIpc) is 3.09. The molecule has 0 aromatic carbocycles. The summed E-state index contributed by atoms with van der Waals surface area (Å²) in [5.41, 5.74) is 0. The number of nitro groups is 1. The van der Waals surface area contributed by atoms with Crippen molar-refractivity contribution in [3.05, 3.63) is 33.8 Å². The number of pyridine rings is 1. The fraction of sp³-hybridized carbons (Fsp3) is 0.286. The van der Waals surface area contributed by atoms with Gasteiger partial charge in [-0.1, -0.05) is 6.92 Å². The third-order valence-electron chi connectivity index (χ3n) is 3.43. The molecule has 25 heavy (non-hydrogen) atoms. The third kappa shape index (κ3) is 3.40. The van der Waals surface area contributed by atoms with E-state index < -0.39 is 28.7 Å². The molecule has 3 rings (SSSR count). The molecule has 11 heteroatoms. The summed E-state index contributed by atoms with van der Waals surface area (Å²) in [6.45, 7) is 1.42. The van der Waals surface area contributed by atoms with Crippen LogP contribution in [0.1, 0.15) is 13.3 Å². The molecule has 1 aliphatic rings.